The first-order valence-electron chi connectivity index (χ1n) is 5.22. The minimum Gasteiger partial charge on any atom is -0.481 e. The van der Waals surface area contributed by atoms with E-state index in [0.717, 1.165) is 0 Å². The predicted octanol–water partition coefficient (Wildman–Crippen LogP) is 3.08. The zero-order valence-corrected chi connectivity index (χ0v) is 9.53. The first kappa shape index (κ1) is 11.8. The van der Waals surface area contributed by atoms with Crippen molar-refractivity contribution in [3.63, 3.8) is 0 Å². The van der Waals surface area contributed by atoms with Gasteiger partial charge in [0.25, 0.3) is 0 Å². The highest BCUT2D eigenvalue weighted by molar-refractivity contribution is 5.69. The first-order chi connectivity index (χ1) is 6.93. The fourth-order valence-electron chi connectivity index (χ4n) is 1.86. The van der Waals surface area contributed by atoms with Crippen LogP contribution in [0.15, 0.2) is 30.3 Å². The molecule has 1 unspecified atom stereocenters. The summed E-state index contributed by atoms with van der Waals surface area (Å²) in [5.74, 6) is -1.03. The third-order valence-electron chi connectivity index (χ3n) is 2.79. The zero-order valence-electron chi connectivity index (χ0n) is 9.53. The van der Waals surface area contributed by atoms with Crippen LogP contribution in [0.5, 0.6) is 0 Å². The molecular weight excluding hydrogens is 188 g/mol. The van der Waals surface area contributed by atoms with Crippen molar-refractivity contribution in [2.75, 3.05) is 0 Å². The van der Waals surface area contributed by atoms with Crippen molar-refractivity contribution in [2.45, 2.75) is 32.6 Å². The second-order valence-corrected chi connectivity index (χ2v) is 4.69. The van der Waals surface area contributed by atoms with E-state index in [1.165, 1.54) is 5.56 Å². The Morgan fingerprint density at radius 3 is 2.33 bits per heavy atom. The van der Waals surface area contributed by atoms with Crippen molar-refractivity contribution in [1.82, 2.24) is 0 Å². The van der Waals surface area contributed by atoms with E-state index in [9.17, 15) is 4.79 Å². The number of carboxylic acids is 1. The molecule has 15 heavy (non-hydrogen) atoms. The molecule has 0 saturated carbocycles. The Hall–Kier alpha value is -1.31. The molecule has 1 N–H and O–H groups in total. The summed E-state index contributed by atoms with van der Waals surface area (Å²) in [7, 11) is 0. The Morgan fingerprint density at radius 2 is 1.87 bits per heavy atom. The van der Waals surface area contributed by atoms with Gasteiger partial charge in [0.15, 0.2) is 0 Å². The molecule has 82 valence electrons. The van der Waals surface area contributed by atoms with Crippen molar-refractivity contribution in [1.29, 1.82) is 0 Å². The van der Waals surface area contributed by atoms with Gasteiger partial charge in [-0.05, 0) is 17.4 Å². The minimum atomic E-state index is -0.723. The lowest BCUT2D eigenvalue weighted by atomic mass is 9.77. The van der Waals surface area contributed by atoms with Crippen molar-refractivity contribution >= 4 is 5.97 Å². The minimum absolute atomic E-state index is 0.0843. The van der Waals surface area contributed by atoms with E-state index in [4.69, 9.17) is 5.11 Å². The fourth-order valence-corrected chi connectivity index (χ4v) is 1.86. The van der Waals surface area contributed by atoms with Crippen LogP contribution in [0.2, 0.25) is 0 Å². The molecular formula is C13H18O2. The summed E-state index contributed by atoms with van der Waals surface area (Å²) in [6.07, 6.45) is 0.659. The second-order valence-electron chi connectivity index (χ2n) is 4.69. The van der Waals surface area contributed by atoms with Gasteiger partial charge in [0.2, 0.25) is 0 Å². The van der Waals surface area contributed by atoms with Crippen LogP contribution in [0.25, 0.3) is 0 Å². The highest BCUT2D eigenvalue weighted by Crippen LogP contribution is 2.30. The standard InChI is InChI=1S/C13H18O2/c1-10(12(14)15)9-13(2,3)11-7-5-4-6-8-11/h4-8,10H,9H2,1-3H3,(H,14,15). The number of aliphatic carboxylic acids is 1. The quantitative estimate of drug-likeness (QED) is 0.822. The molecule has 0 aliphatic rings. The molecule has 0 aliphatic heterocycles. The van der Waals surface area contributed by atoms with E-state index in [1.54, 1.807) is 6.92 Å². The maximum Gasteiger partial charge on any atom is 0.306 e. The van der Waals surface area contributed by atoms with E-state index in [2.05, 4.69) is 26.0 Å². The third-order valence-corrected chi connectivity index (χ3v) is 2.79. The van der Waals surface area contributed by atoms with Crippen LogP contribution >= 0.6 is 0 Å². The Bertz CT molecular complexity index is 328. The molecule has 0 heterocycles. The molecule has 1 aromatic rings. The van der Waals surface area contributed by atoms with Gasteiger partial charge >= 0.3 is 5.97 Å². The van der Waals surface area contributed by atoms with E-state index in [1.807, 2.05) is 18.2 Å². The first-order valence-corrected chi connectivity index (χ1v) is 5.22. The van der Waals surface area contributed by atoms with E-state index in [-0.39, 0.29) is 11.3 Å². The van der Waals surface area contributed by atoms with Crippen molar-refractivity contribution in [2.24, 2.45) is 5.92 Å². The molecule has 0 aromatic heterocycles. The van der Waals surface area contributed by atoms with E-state index in [0.29, 0.717) is 6.42 Å². The lowest BCUT2D eigenvalue weighted by Gasteiger charge is -2.27. The van der Waals surface area contributed by atoms with Gasteiger partial charge < -0.3 is 5.11 Å². The van der Waals surface area contributed by atoms with Crippen molar-refractivity contribution in [3.8, 4) is 0 Å². The summed E-state index contributed by atoms with van der Waals surface area (Å²) in [5.41, 5.74) is 1.11. The number of hydrogen-bond donors (Lipinski definition) is 1. The number of rotatable bonds is 4. The summed E-state index contributed by atoms with van der Waals surface area (Å²) in [6, 6.07) is 10.0. The lowest BCUT2D eigenvalue weighted by Crippen LogP contribution is -2.24. The van der Waals surface area contributed by atoms with Gasteiger partial charge in [-0.2, -0.15) is 0 Å². The van der Waals surface area contributed by atoms with Crippen LogP contribution in [0.3, 0.4) is 0 Å². The Labute approximate surface area is 90.9 Å². The van der Waals surface area contributed by atoms with Crippen LogP contribution in [-0.4, -0.2) is 11.1 Å². The molecule has 1 aromatic carbocycles. The average Bonchev–Trinajstić information content (AvgIpc) is 2.18. The number of carboxylic acid groups (broad SMARTS) is 1. The fraction of sp³-hybridized carbons (Fsp3) is 0.462. The van der Waals surface area contributed by atoms with Crippen LogP contribution < -0.4 is 0 Å². The molecule has 2 nitrogen and oxygen atoms in total. The molecule has 0 spiro atoms. The van der Waals surface area contributed by atoms with Gasteiger partial charge in [-0.3, -0.25) is 4.79 Å². The average molecular weight is 206 g/mol. The van der Waals surface area contributed by atoms with Crippen LogP contribution in [0, 0.1) is 5.92 Å². The Morgan fingerprint density at radius 1 is 1.33 bits per heavy atom. The number of carbonyl (C=O) groups is 1. The molecule has 1 atom stereocenters. The normalized spacial score (nSPS) is 13.5. The van der Waals surface area contributed by atoms with Gasteiger partial charge in [-0.15, -0.1) is 0 Å². The molecule has 0 bridgehead atoms. The second kappa shape index (κ2) is 4.47. The molecule has 0 fully saturated rings. The summed E-state index contributed by atoms with van der Waals surface area (Å²) in [6.45, 7) is 5.93. The maximum absolute atomic E-state index is 10.8. The van der Waals surface area contributed by atoms with Gasteiger partial charge in [0.05, 0.1) is 5.92 Å². The third kappa shape index (κ3) is 3.08. The lowest BCUT2D eigenvalue weighted by molar-refractivity contribution is -0.141. The largest absolute Gasteiger partial charge is 0.481 e. The molecule has 0 aliphatic carbocycles. The number of benzene rings is 1. The molecule has 1 rings (SSSR count). The SMILES string of the molecule is CC(CC(C)(C)c1ccccc1)C(=O)O. The Balaban J connectivity index is 2.80. The van der Waals surface area contributed by atoms with Crippen molar-refractivity contribution < 1.29 is 9.90 Å². The van der Waals surface area contributed by atoms with E-state index >= 15 is 0 Å². The summed E-state index contributed by atoms with van der Waals surface area (Å²) in [4.78, 5) is 10.8. The van der Waals surface area contributed by atoms with E-state index < -0.39 is 5.97 Å². The van der Waals surface area contributed by atoms with Gasteiger partial charge in [0.1, 0.15) is 0 Å². The smallest absolute Gasteiger partial charge is 0.306 e. The van der Waals surface area contributed by atoms with Gasteiger partial charge in [-0.25, -0.2) is 0 Å². The van der Waals surface area contributed by atoms with Gasteiger partial charge in [-0.1, -0.05) is 51.1 Å². The predicted molar refractivity (Wildman–Crippen MR) is 60.9 cm³/mol. The molecule has 0 amide bonds. The van der Waals surface area contributed by atoms with Crippen molar-refractivity contribution in [3.05, 3.63) is 35.9 Å². The summed E-state index contributed by atoms with van der Waals surface area (Å²) in [5, 5.41) is 8.89. The highest BCUT2D eigenvalue weighted by atomic mass is 16.4. The van der Waals surface area contributed by atoms with Gasteiger partial charge in [0, 0.05) is 0 Å². The van der Waals surface area contributed by atoms with Crippen LogP contribution in [-0.2, 0) is 10.2 Å². The van der Waals surface area contributed by atoms with Crippen LogP contribution in [0.1, 0.15) is 32.8 Å². The number of hydrogen-bond acceptors (Lipinski definition) is 1. The zero-order chi connectivity index (χ0) is 11.5. The Kier molecular flexibility index (Phi) is 3.51. The monoisotopic (exact) mass is 206 g/mol. The highest BCUT2D eigenvalue weighted by Gasteiger charge is 2.26. The summed E-state index contributed by atoms with van der Waals surface area (Å²) < 4.78 is 0. The van der Waals surface area contributed by atoms with Crippen LogP contribution in [0.4, 0.5) is 0 Å². The molecule has 0 saturated heterocycles. The topological polar surface area (TPSA) is 37.3 Å². The summed E-state index contributed by atoms with van der Waals surface area (Å²) >= 11 is 0. The molecule has 0 radical (unpaired) electrons. The maximum atomic E-state index is 10.8. The molecule has 2 heteroatoms.